The van der Waals surface area contributed by atoms with E-state index < -0.39 is 80.6 Å². The number of benzene rings is 1. The highest BCUT2D eigenvalue weighted by molar-refractivity contribution is 7.89. The molecular formula is C24H34F3N5O5S. The molecule has 38 heavy (non-hydrogen) atoms. The fourth-order valence-corrected chi connectivity index (χ4v) is 5.95. The Morgan fingerprint density at radius 3 is 2.37 bits per heavy atom. The Balaban J connectivity index is 1.76. The molecule has 2 aliphatic rings. The number of nitrogens with one attached hydrogen (secondary N) is 3. The summed E-state index contributed by atoms with van der Waals surface area (Å²) >= 11 is 0. The first-order valence-corrected chi connectivity index (χ1v) is 14.3. The van der Waals surface area contributed by atoms with Crippen molar-refractivity contribution in [2.24, 2.45) is 11.7 Å². The Hall–Kier alpha value is -2.87. The number of halogens is 3. The van der Waals surface area contributed by atoms with Crippen LogP contribution in [0.3, 0.4) is 0 Å². The molecule has 1 aromatic rings. The predicted octanol–water partition coefficient (Wildman–Crippen LogP) is 1.98. The number of nitrogens with two attached hydrogens (primary N) is 1. The number of likely N-dealkylation sites (tertiary alicyclic amines) is 1. The van der Waals surface area contributed by atoms with Crippen molar-refractivity contribution in [3.63, 3.8) is 0 Å². The minimum absolute atomic E-state index is 0.165. The summed E-state index contributed by atoms with van der Waals surface area (Å²) in [5, 5.41) is 19.3. The van der Waals surface area contributed by atoms with Gasteiger partial charge in [-0.25, -0.2) is 26.3 Å². The lowest BCUT2D eigenvalue weighted by molar-refractivity contribution is -0.140. The number of carbonyl (C=O) groups is 2. The van der Waals surface area contributed by atoms with E-state index in [1.54, 1.807) is 0 Å². The molecule has 0 radical (unpaired) electrons. The number of rotatable bonds is 10. The highest BCUT2D eigenvalue weighted by Gasteiger charge is 2.39. The largest absolute Gasteiger partial charge is 0.504 e. The Morgan fingerprint density at radius 1 is 1.11 bits per heavy atom. The third kappa shape index (κ3) is 6.57. The molecule has 1 aromatic carbocycles. The van der Waals surface area contributed by atoms with Gasteiger partial charge in [-0.2, -0.15) is 0 Å². The molecule has 10 nitrogen and oxygen atoms in total. The SMILES string of the molecule is CCS(=O)(=O)N[C@H](CC1CCCCC1)C(=O)N1CCC[C@H]1C(=O)NCc1c(F)c(O)c(C(=N)N)c(F)c1F. The molecule has 3 rings (SSSR count). The standard InChI is InChI=1S/C24H34F3N5O5S/c1-2-38(36,37)31-15(11-13-7-4-3-5-8-13)24(35)32-10-6-9-16(32)23(34)30-12-14-18(25)20(27)17(22(28)29)21(33)19(14)26/h13,15-16,31,33H,2-12H2,1H3,(H3,28,29)(H,30,34)/t15-,16+/m1/s1. The number of carbonyl (C=O) groups excluding carboxylic acids is 2. The number of hydrogen-bond donors (Lipinski definition) is 5. The molecule has 14 heteroatoms. The summed E-state index contributed by atoms with van der Waals surface area (Å²) < 4.78 is 70.4. The number of phenols is 1. The number of amides is 2. The van der Waals surface area contributed by atoms with Gasteiger partial charge in [0.1, 0.15) is 17.9 Å². The smallest absolute Gasteiger partial charge is 0.243 e. The van der Waals surface area contributed by atoms with Crippen LogP contribution >= 0.6 is 0 Å². The van der Waals surface area contributed by atoms with Gasteiger partial charge in [0.25, 0.3) is 0 Å². The molecule has 2 atom stereocenters. The normalized spacial score (nSPS) is 19.4. The van der Waals surface area contributed by atoms with Crippen molar-refractivity contribution in [1.29, 1.82) is 5.41 Å². The van der Waals surface area contributed by atoms with Crippen molar-refractivity contribution in [3.8, 4) is 5.75 Å². The number of aromatic hydroxyl groups is 1. The van der Waals surface area contributed by atoms with Crippen molar-refractivity contribution in [3.05, 3.63) is 28.6 Å². The first kappa shape index (κ1) is 29.7. The maximum Gasteiger partial charge on any atom is 0.243 e. The topological polar surface area (TPSA) is 166 Å². The second-order valence-electron chi connectivity index (χ2n) is 9.78. The summed E-state index contributed by atoms with van der Waals surface area (Å²) in [5.74, 6) is -8.80. The Morgan fingerprint density at radius 2 is 1.76 bits per heavy atom. The second kappa shape index (κ2) is 12.3. The van der Waals surface area contributed by atoms with E-state index in [4.69, 9.17) is 11.1 Å². The maximum atomic E-state index is 14.5. The Kier molecular flexibility index (Phi) is 9.63. The number of amidine groups is 1. The summed E-state index contributed by atoms with van der Waals surface area (Å²) in [7, 11) is -3.72. The van der Waals surface area contributed by atoms with E-state index in [2.05, 4.69) is 10.0 Å². The van der Waals surface area contributed by atoms with Gasteiger partial charge in [-0.05, 0) is 32.1 Å². The van der Waals surface area contributed by atoms with Crippen LogP contribution in [0.15, 0.2) is 0 Å². The monoisotopic (exact) mass is 561 g/mol. The predicted molar refractivity (Wildman–Crippen MR) is 133 cm³/mol. The molecule has 2 fully saturated rings. The van der Waals surface area contributed by atoms with Crippen molar-refractivity contribution >= 4 is 27.7 Å². The van der Waals surface area contributed by atoms with Crippen LogP contribution in [-0.2, 0) is 26.2 Å². The molecule has 0 spiro atoms. The molecule has 1 saturated carbocycles. The van der Waals surface area contributed by atoms with E-state index in [0.29, 0.717) is 12.8 Å². The fraction of sp³-hybridized carbons (Fsp3) is 0.625. The van der Waals surface area contributed by atoms with E-state index in [1.165, 1.54) is 11.8 Å². The van der Waals surface area contributed by atoms with Gasteiger partial charge >= 0.3 is 0 Å². The summed E-state index contributed by atoms with van der Waals surface area (Å²) in [5.41, 5.74) is 2.99. The molecule has 0 unspecified atom stereocenters. The van der Waals surface area contributed by atoms with E-state index in [0.717, 1.165) is 32.1 Å². The number of sulfonamides is 1. The number of nitrogens with zero attached hydrogens (tertiary/aromatic N) is 1. The van der Waals surface area contributed by atoms with Crippen LogP contribution in [0.1, 0.15) is 69.4 Å². The van der Waals surface area contributed by atoms with Crippen molar-refractivity contribution in [1.82, 2.24) is 14.9 Å². The van der Waals surface area contributed by atoms with Gasteiger partial charge < -0.3 is 21.1 Å². The van der Waals surface area contributed by atoms with Gasteiger partial charge in [-0.1, -0.05) is 32.1 Å². The van der Waals surface area contributed by atoms with Crippen LogP contribution in [0.5, 0.6) is 5.75 Å². The molecule has 1 aliphatic carbocycles. The first-order chi connectivity index (χ1) is 17.9. The zero-order valence-corrected chi connectivity index (χ0v) is 22.0. The van der Waals surface area contributed by atoms with Gasteiger partial charge in [-0.3, -0.25) is 15.0 Å². The molecule has 1 aliphatic heterocycles. The van der Waals surface area contributed by atoms with Gasteiger partial charge in [0, 0.05) is 18.7 Å². The van der Waals surface area contributed by atoms with Gasteiger partial charge in [0.2, 0.25) is 21.8 Å². The Bertz CT molecular complexity index is 1160. The molecule has 6 N–H and O–H groups in total. The minimum Gasteiger partial charge on any atom is -0.504 e. The lowest BCUT2D eigenvalue weighted by Crippen LogP contribution is -2.54. The third-order valence-electron chi connectivity index (χ3n) is 7.23. The third-order valence-corrected chi connectivity index (χ3v) is 8.63. The summed E-state index contributed by atoms with van der Waals surface area (Å²) in [6.45, 7) is 0.807. The summed E-state index contributed by atoms with van der Waals surface area (Å²) in [4.78, 5) is 27.7. The maximum absolute atomic E-state index is 14.5. The molecule has 1 heterocycles. The van der Waals surface area contributed by atoms with Crippen molar-refractivity contribution in [2.45, 2.75) is 76.9 Å². The van der Waals surface area contributed by atoms with Crippen molar-refractivity contribution < 1.29 is 36.3 Å². The number of phenolic OH excluding ortho intramolecular Hbond substituents is 1. The molecule has 0 aromatic heterocycles. The van der Waals surface area contributed by atoms with E-state index >= 15 is 0 Å². The lowest BCUT2D eigenvalue weighted by atomic mass is 9.84. The van der Waals surface area contributed by atoms with Crippen LogP contribution in [0, 0.1) is 28.8 Å². The van der Waals surface area contributed by atoms with Gasteiger partial charge in [0.15, 0.2) is 23.2 Å². The molecule has 0 bridgehead atoms. The average molecular weight is 562 g/mol. The van der Waals surface area contributed by atoms with Crippen molar-refractivity contribution in [2.75, 3.05) is 12.3 Å². The zero-order chi connectivity index (χ0) is 28.2. The van der Waals surface area contributed by atoms with E-state index in [1.807, 2.05) is 0 Å². The Labute approximate surface area is 219 Å². The minimum atomic E-state index is -3.72. The van der Waals surface area contributed by atoms with E-state index in [9.17, 15) is 36.3 Å². The van der Waals surface area contributed by atoms with Crippen LogP contribution < -0.4 is 15.8 Å². The highest BCUT2D eigenvalue weighted by atomic mass is 32.2. The summed E-state index contributed by atoms with van der Waals surface area (Å²) in [6.07, 6.45) is 5.84. The average Bonchev–Trinajstić information content (AvgIpc) is 3.37. The molecule has 212 valence electrons. The van der Waals surface area contributed by atoms with Crippen LogP contribution in [0.2, 0.25) is 0 Å². The second-order valence-corrected chi connectivity index (χ2v) is 11.8. The molecular weight excluding hydrogens is 527 g/mol. The van der Waals surface area contributed by atoms with Crippen LogP contribution in [0.25, 0.3) is 0 Å². The number of nitrogen functional groups attached to an aromatic ring is 1. The van der Waals surface area contributed by atoms with Crippen LogP contribution in [0.4, 0.5) is 13.2 Å². The van der Waals surface area contributed by atoms with Gasteiger partial charge in [0.05, 0.1) is 11.3 Å². The highest BCUT2D eigenvalue weighted by Crippen LogP contribution is 2.31. The fourth-order valence-electron chi connectivity index (χ4n) is 5.15. The van der Waals surface area contributed by atoms with Gasteiger partial charge in [-0.15, -0.1) is 0 Å². The molecule has 1 saturated heterocycles. The zero-order valence-electron chi connectivity index (χ0n) is 21.2. The number of hydrogen-bond acceptors (Lipinski definition) is 6. The quantitative estimate of drug-likeness (QED) is 0.166. The summed E-state index contributed by atoms with van der Waals surface area (Å²) in [6, 6.07) is -2.07. The van der Waals surface area contributed by atoms with Crippen LogP contribution in [-0.4, -0.2) is 60.5 Å². The van der Waals surface area contributed by atoms with E-state index in [-0.39, 0.29) is 24.6 Å². The molecule has 2 amide bonds. The lowest BCUT2D eigenvalue weighted by Gasteiger charge is -2.31. The first-order valence-electron chi connectivity index (χ1n) is 12.7.